The molecule has 2 atom stereocenters. The van der Waals surface area contributed by atoms with Crippen molar-refractivity contribution in [2.75, 3.05) is 6.61 Å². The van der Waals surface area contributed by atoms with Crippen LogP contribution in [0.2, 0.25) is 0 Å². The van der Waals surface area contributed by atoms with Crippen molar-refractivity contribution in [2.24, 2.45) is 0 Å². The highest BCUT2D eigenvalue weighted by Gasteiger charge is 2.10. The van der Waals surface area contributed by atoms with Crippen LogP contribution in [0.5, 0.6) is 0 Å². The van der Waals surface area contributed by atoms with Crippen molar-refractivity contribution < 1.29 is 5.11 Å². The molecule has 0 aliphatic rings. The molecule has 13 heavy (non-hydrogen) atoms. The molecule has 0 spiro atoms. The zero-order valence-electron chi connectivity index (χ0n) is 8.16. The smallest absolute Gasteiger partial charge is 0.0584 e. The van der Waals surface area contributed by atoms with Crippen LogP contribution in [-0.4, -0.2) is 17.8 Å². The van der Waals surface area contributed by atoms with Crippen LogP contribution in [0.4, 0.5) is 0 Å². The van der Waals surface area contributed by atoms with Crippen molar-refractivity contribution in [1.29, 1.82) is 0 Å². The van der Waals surface area contributed by atoms with Gasteiger partial charge >= 0.3 is 0 Å². The fourth-order valence-electron chi connectivity index (χ4n) is 1.27. The monoisotopic (exact) mass is 199 g/mol. The summed E-state index contributed by atoms with van der Waals surface area (Å²) in [6.07, 6.45) is 0.963. The summed E-state index contributed by atoms with van der Waals surface area (Å²) in [6, 6.07) is 2.67. The van der Waals surface area contributed by atoms with E-state index in [9.17, 15) is 0 Å². The molecule has 0 saturated carbocycles. The van der Waals surface area contributed by atoms with Crippen LogP contribution in [0.15, 0.2) is 16.8 Å². The van der Waals surface area contributed by atoms with E-state index in [-0.39, 0.29) is 12.6 Å². The van der Waals surface area contributed by atoms with Gasteiger partial charge in [-0.2, -0.15) is 11.3 Å². The topological polar surface area (TPSA) is 32.3 Å². The first-order chi connectivity index (χ1) is 6.27. The van der Waals surface area contributed by atoms with Crippen molar-refractivity contribution in [1.82, 2.24) is 5.32 Å². The Balaban J connectivity index is 2.45. The van der Waals surface area contributed by atoms with Gasteiger partial charge in [0.1, 0.15) is 0 Å². The van der Waals surface area contributed by atoms with Gasteiger partial charge in [-0.15, -0.1) is 0 Å². The van der Waals surface area contributed by atoms with Gasteiger partial charge in [0.15, 0.2) is 0 Å². The lowest BCUT2D eigenvalue weighted by molar-refractivity contribution is 0.230. The highest BCUT2D eigenvalue weighted by atomic mass is 32.1. The maximum atomic E-state index is 9.01. The zero-order valence-corrected chi connectivity index (χ0v) is 8.97. The summed E-state index contributed by atoms with van der Waals surface area (Å²) in [7, 11) is 0. The van der Waals surface area contributed by atoms with Crippen molar-refractivity contribution in [2.45, 2.75) is 32.4 Å². The first-order valence-electron chi connectivity index (χ1n) is 4.67. The van der Waals surface area contributed by atoms with E-state index in [4.69, 9.17) is 5.11 Å². The largest absolute Gasteiger partial charge is 0.395 e. The molecule has 1 aromatic rings. The van der Waals surface area contributed by atoms with Crippen molar-refractivity contribution in [3.8, 4) is 0 Å². The predicted octanol–water partition coefficient (Wildman–Crippen LogP) is 2.17. The molecular weight excluding hydrogens is 182 g/mol. The van der Waals surface area contributed by atoms with E-state index in [1.54, 1.807) is 11.3 Å². The van der Waals surface area contributed by atoms with Gasteiger partial charge in [0.2, 0.25) is 0 Å². The summed E-state index contributed by atoms with van der Waals surface area (Å²) < 4.78 is 0. The lowest BCUT2D eigenvalue weighted by Crippen LogP contribution is -2.33. The van der Waals surface area contributed by atoms with Crippen molar-refractivity contribution in [3.63, 3.8) is 0 Å². The molecule has 0 amide bonds. The quantitative estimate of drug-likeness (QED) is 0.761. The first kappa shape index (κ1) is 10.7. The third kappa shape index (κ3) is 3.10. The van der Waals surface area contributed by atoms with Crippen LogP contribution in [0, 0.1) is 0 Å². The lowest BCUT2D eigenvalue weighted by atomic mass is 10.1. The van der Waals surface area contributed by atoms with Crippen LogP contribution in [-0.2, 0) is 0 Å². The summed E-state index contributed by atoms with van der Waals surface area (Å²) in [4.78, 5) is 0. The standard InChI is InChI=1S/C10H17NOS/c1-3-10(6-12)11-8(2)9-4-5-13-7-9/h4-5,7-8,10-12H,3,6H2,1-2H3. The molecule has 0 bridgehead atoms. The highest BCUT2D eigenvalue weighted by Crippen LogP contribution is 2.16. The fraction of sp³-hybridized carbons (Fsp3) is 0.600. The van der Waals surface area contributed by atoms with Gasteiger partial charge in [-0.25, -0.2) is 0 Å². The molecule has 2 nitrogen and oxygen atoms in total. The van der Waals surface area contributed by atoms with E-state index in [2.05, 4.69) is 36.0 Å². The van der Waals surface area contributed by atoms with Crippen LogP contribution in [0.1, 0.15) is 31.9 Å². The van der Waals surface area contributed by atoms with Crippen molar-refractivity contribution in [3.05, 3.63) is 22.4 Å². The summed E-state index contributed by atoms with van der Waals surface area (Å²) in [5.74, 6) is 0. The second kappa shape index (κ2) is 5.37. The number of hydrogen-bond donors (Lipinski definition) is 2. The average Bonchev–Trinajstić information content (AvgIpc) is 2.66. The first-order valence-corrected chi connectivity index (χ1v) is 5.61. The molecule has 0 radical (unpaired) electrons. The molecule has 0 aromatic carbocycles. The summed E-state index contributed by atoms with van der Waals surface area (Å²) in [5, 5.41) is 16.6. The molecule has 3 heteroatoms. The molecule has 0 fully saturated rings. The fourth-order valence-corrected chi connectivity index (χ4v) is 2.02. The van der Waals surface area contributed by atoms with Gasteiger partial charge in [-0.05, 0) is 35.7 Å². The molecule has 2 N–H and O–H groups in total. The molecule has 0 saturated heterocycles. The van der Waals surface area contributed by atoms with E-state index in [1.807, 2.05) is 0 Å². The van der Waals surface area contributed by atoms with Gasteiger partial charge in [0.05, 0.1) is 6.61 Å². The van der Waals surface area contributed by atoms with Gasteiger partial charge in [-0.3, -0.25) is 0 Å². The molecular formula is C10H17NOS. The van der Waals surface area contributed by atoms with Crippen LogP contribution in [0.3, 0.4) is 0 Å². The van der Waals surface area contributed by atoms with E-state index >= 15 is 0 Å². The number of aliphatic hydroxyl groups is 1. The third-order valence-electron chi connectivity index (χ3n) is 2.24. The Labute approximate surface area is 83.6 Å². The minimum absolute atomic E-state index is 0.213. The van der Waals surface area contributed by atoms with E-state index in [0.29, 0.717) is 6.04 Å². The van der Waals surface area contributed by atoms with Crippen LogP contribution >= 0.6 is 11.3 Å². The maximum Gasteiger partial charge on any atom is 0.0584 e. The molecule has 2 unspecified atom stereocenters. The Morgan fingerprint density at radius 1 is 1.62 bits per heavy atom. The number of nitrogens with one attached hydrogen (secondary N) is 1. The van der Waals surface area contributed by atoms with Gasteiger partial charge < -0.3 is 10.4 Å². The normalized spacial score (nSPS) is 15.6. The van der Waals surface area contributed by atoms with E-state index in [0.717, 1.165) is 6.42 Å². The van der Waals surface area contributed by atoms with E-state index in [1.165, 1.54) is 5.56 Å². The minimum atomic E-state index is 0.213. The van der Waals surface area contributed by atoms with Gasteiger partial charge in [0, 0.05) is 12.1 Å². The van der Waals surface area contributed by atoms with Gasteiger partial charge in [0.25, 0.3) is 0 Å². The average molecular weight is 199 g/mol. The SMILES string of the molecule is CCC(CO)NC(C)c1ccsc1. The van der Waals surface area contributed by atoms with Gasteiger partial charge in [-0.1, -0.05) is 6.92 Å². The second-order valence-electron chi connectivity index (χ2n) is 3.23. The highest BCUT2D eigenvalue weighted by molar-refractivity contribution is 7.07. The molecule has 1 aromatic heterocycles. The summed E-state index contributed by atoms with van der Waals surface area (Å²) >= 11 is 1.71. The van der Waals surface area contributed by atoms with Crippen LogP contribution in [0.25, 0.3) is 0 Å². The molecule has 1 heterocycles. The van der Waals surface area contributed by atoms with Crippen LogP contribution < -0.4 is 5.32 Å². The summed E-state index contributed by atoms with van der Waals surface area (Å²) in [5.41, 5.74) is 1.30. The molecule has 0 aliphatic heterocycles. The Morgan fingerprint density at radius 3 is 2.85 bits per heavy atom. The van der Waals surface area contributed by atoms with E-state index < -0.39 is 0 Å². The molecule has 1 rings (SSSR count). The zero-order chi connectivity index (χ0) is 9.68. The molecule has 74 valence electrons. The predicted molar refractivity (Wildman–Crippen MR) is 57.0 cm³/mol. The number of thiophene rings is 1. The maximum absolute atomic E-state index is 9.01. The Kier molecular flexibility index (Phi) is 4.42. The number of rotatable bonds is 5. The summed E-state index contributed by atoms with van der Waals surface area (Å²) in [6.45, 7) is 4.42. The minimum Gasteiger partial charge on any atom is -0.395 e. The Hall–Kier alpha value is -0.380. The lowest BCUT2D eigenvalue weighted by Gasteiger charge is -2.19. The number of aliphatic hydroxyl groups excluding tert-OH is 1. The third-order valence-corrected chi connectivity index (χ3v) is 2.94. The number of hydrogen-bond acceptors (Lipinski definition) is 3. The second-order valence-corrected chi connectivity index (χ2v) is 4.01. The van der Waals surface area contributed by atoms with Crippen molar-refractivity contribution >= 4 is 11.3 Å². The Bertz CT molecular complexity index is 219. The molecule has 0 aliphatic carbocycles. The Morgan fingerprint density at radius 2 is 2.38 bits per heavy atom.